The van der Waals surface area contributed by atoms with Crippen LogP contribution in [-0.4, -0.2) is 37.2 Å². The van der Waals surface area contributed by atoms with Crippen LogP contribution in [0.1, 0.15) is 316 Å². The Labute approximate surface area is 440 Å². The molecule has 0 aromatic rings. The van der Waals surface area contributed by atoms with Gasteiger partial charge in [-0.15, -0.1) is 0 Å². The molecule has 0 amide bonds. The topological polar surface area (TPSA) is 78.9 Å². The van der Waals surface area contributed by atoms with E-state index < -0.39 is 6.10 Å². The maximum absolute atomic E-state index is 12.9. The number of unbranched alkanes of at least 4 members (excludes halogenated alkanes) is 35. The minimum absolute atomic E-state index is 0.0831. The number of hydrogen-bond donors (Lipinski definition) is 0. The van der Waals surface area contributed by atoms with Crippen LogP contribution in [0.3, 0.4) is 0 Å². The quantitative estimate of drug-likeness (QED) is 0.0261. The Morgan fingerprint density at radius 1 is 0.282 bits per heavy atom. The van der Waals surface area contributed by atoms with Crippen molar-refractivity contribution < 1.29 is 28.6 Å². The van der Waals surface area contributed by atoms with E-state index in [0.29, 0.717) is 19.3 Å². The molecule has 0 fully saturated rings. The minimum Gasteiger partial charge on any atom is -0.462 e. The third-order valence-electron chi connectivity index (χ3n) is 13.5. The highest BCUT2D eigenvalue weighted by Gasteiger charge is 2.19. The second-order valence-electron chi connectivity index (χ2n) is 20.6. The van der Waals surface area contributed by atoms with Crippen LogP contribution in [0.4, 0.5) is 0 Å². The minimum atomic E-state index is -0.785. The van der Waals surface area contributed by atoms with Gasteiger partial charge in [0.1, 0.15) is 13.2 Å². The van der Waals surface area contributed by atoms with Crippen LogP contribution in [0.25, 0.3) is 0 Å². The highest BCUT2D eigenvalue weighted by molar-refractivity contribution is 5.71. The maximum atomic E-state index is 12.9. The summed E-state index contributed by atoms with van der Waals surface area (Å²) in [6, 6.07) is 0. The first-order valence-electron chi connectivity index (χ1n) is 30.8. The van der Waals surface area contributed by atoms with Crippen molar-refractivity contribution in [3.8, 4) is 0 Å². The summed E-state index contributed by atoms with van der Waals surface area (Å²) in [6.45, 7) is 6.62. The van der Waals surface area contributed by atoms with E-state index >= 15 is 0 Å². The van der Waals surface area contributed by atoms with Crippen molar-refractivity contribution in [1.82, 2.24) is 0 Å². The molecule has 6 heteroatoms. The SMILES string of the molecule is CCCCC/C=C\C/C=C\CCCCCCCC(=O)OCC(COC(=O)CCCCCCCC/C=C\C/C=C\C/C=C\CCCCCCC)OC(=O)CCCCCCCCCCCCCCCCCCC. The molecule has 0 aliphatic carbocycles. The van der Waals surface area contributed by atoms with E-state index in [1.165, 1.54) is 180 Å². The van der Waals surface area contributed by atoms with E-state index in [2.05, 4.69) is 81.5 Å². The summed E-state index contributed by atoms with van der Waals surface area (Å²) in [6.07, 6.45) is 75.0. The van der Waals surface area contributed by atoms with Gasteiger partial charge < -0.3 is 14.2 Å². The fraction of sp³-hybridized carbons (Fsp3) is 0.800. The van der Waals surface area contributed by atoms with Crippen molar-refractivity contribution in [3.05, 3.63) is 60.8 Å². The molecule has 0 rings (SSSR count). The molecule has 0 aliphatic rings. The van der Waals surface area contributed by atoms with Gasteiger partial charge in [0, 0.05) is 19.3 Å². The standard InChI is InChI=1S/C65H116O6/c1-4-7-10-13-16-19-22-25-28-30-31-32-33-35-37-40-43-46-49-52-55-58-64(67)70-61-62(60-69-63(66)57-54-51-48-45-42-39-36-27-24-21-18-15-12-9-6-3)71-65(68)59-56-53-50-47-44-41-38-34-29-26-23-20-17-14-11-8-5-2/h18,21-22,25,27,30-31,33,35-36,62H,4-17,19-20,23-24,26,28-29,32,34,37-61H2,1-3H3/b21-18-,25-22-,31-30-,35-33-,36-27-. The molecule has 1 atom stereocenters. The molecule has 6 nitrogen and oxygen atoms in total. The van der Waals surface area contributed by atoms with Crippen LogP contribution in [0.5, 0.6) is 0 Å². The predicted molar refractivity (Wildman–Crippen MR) is 307 cm³/mol. The first-order valence-corrected chi connectivity index (χ1v) is 30.8. The van der Waals surface area contributed by atoms with Gasteiger partial charge in [0.2, 0.25) is 0 Å². The molecule has 0 aromatic heterocycles. The predicted octanol–water partition coefficient (Wildman–Crippen LogP) is 20.8. The molecule has 1 unspecified atom stereocenters. The molecule has 0 bridgehead atoms. The average molecular weight is 994 g/mol. The first-order chi connectivity index (χ1) is 35.0. The van der Waals surface area contributed by atoms with Crippen LogP contribution >= 0.6 is 0 Å². The molecule has 0 aliphatic heterocycles. The third kappa shape index (κ3) is 57.9. The van der Waals surface area contributed by atoms with Crippen molar-refractivity contribution in [2.24, 2.45) is 0 Å². The summed E-state index contributed by atoms with van der Waals surface area (Å²) in [7, 11) is 0. The fourth-order valence-electron chi connectivity index (χ4n) is 8.83. The summed E-state index contributed by atoms with van der Waals surface area (Å²) >= 11 is 0. The van der Waals surface area contributed by atoms with Gasteiger partial charge >= 0.3 is 17.9 Å². The number of ether oxygens (including phenoxy) is 3. The lowest BCUT2D eigenvalue weighted by atomic mass is 10.0. The maximum Gasteiger partial charge on any atom is 0.306 e. The van der Waals surface area contributed by atoms with Crippen LogP contribution in [0, 0.1) is 0 Å². The van der Waals surface area contributed by atoms with E-state index in [9.17, 15) is 14.4 Å². The van der Waals surface area contributed by atoms with Crippen LogP contribution in [0.2, 0.25) is 0 Å². The van der Waals surface area contributed by atoms with Gasteiger partial charge in [-0.2, -0.15) is 0 Å². The van der Waals surface area contributed by atoms with Crippen molar-refractivity contribution in [2.45, 2.75) is 322 Å². The lowest BCUT2D eigenvalue weighted by molar-refractivity contribution is -0.167. The Bertz CT molecular complexity index is 1280. The average Bonchev–Trinajstić information content (AvgIpc) is 3.37. The Hall–Kier alpha value is -2.89. The van der Waals surface area contributed by atoms with Crippen LogP contribution < -0.4 is 0 Å². The van der Waals surface area contributed by atoms with Gasteiger partial charge in [-0.3, -0.25) is 14.4 Å². The monoisotopic (exact) mass is 993 g/mol. The molecule has 0 radical (unpaired) electrons. The van der Waals surface area contributed by atoms with Gasteiger partial charge in [0.15, 0.2) is 6.10 Å². The van der Waals surface area contributed by atoms with Crippen molar-refractivity contribution in [2.75, 3.05) is 13.2 Å². The molecule has 0 saturated carbocycles. The van der Waals surface area contributed by atoms with E-state index in [4.69, 9.17) is 14.2 Å². The summed E-state index contributed by atoms with van der Waals surface area (Å²) in [5, 5.41) is 0. The molecule has 0 heterocycles. The number of esters is 3. The second-order valence-corrected chi connectivity index (χ2v) is 20.6. The van der Waals surface area contributed by atoms with Gasteiger partial charge in [-0.25, -0.2) is 0 Å². The zero-order valence-electron chi connectivity index (χ0n) is 47.2. The largest absolute Gasteiger partial charge is 0.462 e. The zero-order chi connectivity index (χ0) is 51.4. The van der Waals surface area contributed by atoms with Gasteiger partial charge in [-0.1, -0.05) is 268 Å². The first kappa shape index (κ1) is 68.1. The van der Waals surface area contributed by atoms with Gasteiger partial charge in [0.25, 0.3) is 0 Å². The molecule has 0 saturated heterocycles. The highest BCUT2D eigenvalue weighted by Crippen LogP contribution is 2.16. The molecule has 412 valence electrons. The van der Waals surface area contributed by atoms with E-state index in [0.717, 1.165) is 96.3 Å². The number of carbonyl (C=O) groups excluding carboxylic acids is 3. The van der Waals surface area contributed by atoms with Crippen LogP contribution in [-0.2, 0) is 28.6 Å². The van der Waals surface area contributed by atoms with Gasteiger partial charge in [-0.05, 0) is 89.9 Å². The van der Waals surface area contributed by atoms with Crippen molar-refractivity contribution >= 4 is 17.9 Å². The summed E-state index contributed by atoms with van der Waals surface area (Å²) in [5.74, 6) is -0.892. The fourth-order valence-corrected chi connectivity index (χ4v) is 8.83. The van der Waals surface area contributed by atoms with Gasteiger partial charge in [0.05, 0.1) is 0 Å². The van der Waals surface area contributed by atoms with Crippen molar-refractivity contribution in [3.63, 3.8) is 0 Å². The number of carbonyl (C=O) groups is 3. The Morgan fingerprint density at radius 2 is 0.507 bits per heavy atom. The zero-order valence-corrected chi connectivity index (χ0v) is 47.2. The Morgan fingerprint density at radius 3 is 0.817 bits per heavy atom. The molecule has 0 spiro atoms. The molecule has 0 aromatic carbocycles. The highest BCUT2D eigenvalue weighted by atomic mass is 16.6. The van der Waals surface area contributed by atoms with E-state index in [1.807, 2.05) is 0 Å². The summed E-state index contributed by atoms with van der Waals surface area (Å²) < 4.78 is 16.9. The summed E-state index contributed by atoms with van der Waals surface area (Å²) in [4.78, 5) is 38.2. The van der Waals surface area contributed by atoms with Crippen LogP contribution in [0.15, 0.2) is 60.8 Å². The number of rotatable bonds is 56. The Kier molecular flexibility index (Phi) is 57.2. The molecule has 0 N–H and O–H groups in total. The van der Waals surface area contributed by atoms with E-state index in [1.54, 1.807) is 0 Å². The molecule has 71 heavy (non-hydrogen) atoms. The number of allylic oxidation sites excluding steroid dienone is 10. The Balaban J connectivity index is 4.38. The molecular weight excluding hydrogens is 877 g/mol. The summed E-state index contributed by atoms with van der Waals surface area (Å²) in [5.41, 5.74) is 0. The third-order valence-corrected chi connectivity index (χ3v) is 13.5. The number of hydrogen-bond acceptors (Lipinski definition) is 6. The van der Waals surface area contributed by atoms with E-state index in [-0.39, 0.29) is 31.1 Å². The second kappa shape index (κ2) is 59.7. The normalized spacial score (nSPS) is 12.4. The van der Waals surface area contributed by atoms with Crippen molar-refractivity contribution in [1.29, 1.82) is 0 Å². The lowest BCUT2D eigenvalue weighted by Crippen LogP contribution is -2.30. The lowest BCUT2D eigenvalue weighted by Gasteiger charge is -2.18. The molecular formula is C65H116O6. The smallest absolute Gasteiger partial charge is 0.306 e.